The van der Waals surface area contributed by atoms with E-state index in [-0.39, 0.29) is 0 Å². The molecule has 0 aromatic rings. The third-order valence-electron chi connectivity index (χ3n) is 2.48. The first-order chi connectivity index (χ1) is 4.89. The Labute approximate surface area is 70.9 Å². The quantitative estimate of drug-likeness (QED) is 0.601. The van der Waals surface area contributed by atoms with Crippen molar-refractivity contribution in [1.82, 2.24) is 0 Å². The lowest BCUT2D eigenvalue weighted by atomic mass is 10.0. The highest BCUT2D eigenvalue weighted by atomic mass is 31.2. The SMILES string of the molecule is CC[P@](C)(=O)C[C@@H](C)C(C)C. The average Bonchev–Trinajstić information content (AvgIpc) is 1.87. The molecule has 0 aliphatic carbocycles. The van der Waals surface area contributed by atoms with Crippen molar-refractivity contribution >= 4 is 7.14 Å². The molecule has 0 saturated heterocycles. The van der Waals surface area contributed by atoms with Gasteiger partial charge in [-0.2, -0.15) is 0 Å². The van der Waals surface area contributed by atoms with Crippen LogP contribution in [0, 0.1) is 11.8 Å². The fourth-order valence-electron chi connectivity index (χ4n) is 0.949. The Bertz CT molecular complexity index is 152. The van der Waals surface area contributed by atoms with Crippen LogP contribution in [0.15, 0.2) is 0 Å². The third-order valence-corrected chi connectivity index (χ3v) is 5.17. The molecular weight excluding hydrogens is 155 g/mol. The molecule has 0 aliphatic rings. The summed E-state index contributed by atoms with van der Waals surface area (Å²) in [5.74, 6) is 1.26. The van der Waals surface area contributed by atoms with Gasteiger partial charge in [0.1, 0.15) is 0 Å². The lowest BCUT2D eigenvalue weighted by molar-refractivity contribution is 0.453. The van der Waals surface area contributed by atoms with E-state index in [0.717, 1.165) is 12.3 Å². The zero-order valence-electron chi connectivity index (χ0n) is 8.42. The maximum atomic E-state index is 11.7. The molecular formula is C9H21OP. The van der Waals surface area contributed by atoms with Gasteiger partial charge in [-0.25, -0.2) is 0 Å². The first-order valence-electron chi connectivity index (χ1n) is 4.44. The van der Waals surface area contributed by atoms with Gasteiger partial charge in [0, 0.05) is 6.16 Å². The minimum atomic E-state index is -1.78. The molecule has 0 bridgehead atoms. The van der Waals surface area contributed by atoms with Crippen LogP contribution in [0.2, 0.25) is 0 Å². The predicted octanol–water partition coefficient (Wildman–Crippen LogP) is 3.29. The molecule has 0 unspecified atom stereocenters. The Morgan fingerprint density at radius 2 is 1.73 bits per heavy atom. The van der Waals surface area contributed by atoms with Crippen molar-refractivity contribution in [2.75, 3.05) is 19.0 Å². The molecule has 11 heavy (non-hydrogen) atoms. The first kappa shape index (κ1) is 11.2. The summed E-state index contributed by atoms with van der Waals surface area (Å²) in [6.07, 6.45) is 1.77. The molecule has 0 saturated carbocycles. The summed E-state index contributed by atoms with van der Waals surface area (Å²) in [4.78, 5) is 0. The van der Waals surface area contributed by atoms with Crippen molar-refractivity contribution in [3.8, 4) is 0 Å². The Balaban J connectivity index is 3.94. The maximum Gasteiger partial charge on any atom is 0.0848 e. The second-order valence-corrected chi connectivity index (χ2v) is 7.61. The van der Waals surface area contributed by atoms with Gasteiger partial charge in [0.25, 0.3) is 0 Å². The zero-order chi connectivity index (χ0) is 9.07. The summed E-state index contributed by atoms with van der Waals surface area (Å²) in [5.41, 5.74) is 0. The minimum Gasteiger partial charge on any atom is -0.324 e. The van der Waals surface area contributed by atoms with Gasteiger partial charge in [0.05, 0.1) is 7.14 Å². The van der Waals surface area contributed by atoms with Crippen LogP contribution in [-0.2, 0) is 4.57 Å². The molecule has 0 amide bonds. The van der Waals surface area contributed by atoms with Crippen LogP contribution in [0.4, 0.5) is 0 Å². The molecule has 2 heteroatoms. The van der Waals surface area contributed by atoms with Crippen LogP contribution in [0.25, 0.3) is 0 Å². The number of rotatable bonds is 4. The molecule has 2 atom stereocenters. The molecule has 0 N–H and O–H groups in total. The lowest BCUT2D eigenvalue weighted by Gasteiger charge is -2.19. The lowest BCUT2D eigenvalue weighted by Crippen LogP contribution is -2.10. The highest BCUT2D eigenvalue weighted by Gasteiger charge is 2.18. The molecule has 0 spiro atoms. The summed E-state index contributed by atoms with van der Waals surface area (Å²) in [7, 11) is -1.78. The van der Waals surface area contributed by atoms with Gasteiger partial charge in [-0.1, -0.05) is 27.7 Å². The van der Waals surface area contributed by atoms with Crippen molar-refractivity contribution in [2.45, 2.75) is 27.7 Å². The second-order valence-electron chi connectivity index (χ2n) is 4.02. The Kier molecular flexibility index (Phi) is 4.39. The third kappa shape index (κ3) is 4.63. The van der Waals surface area contributed by atoms with E-state index in [0.29, 0.717) is 11.8 Å². The molecule has 68 valence electrons. The van der Waals surface area contributed by atoms with Crippen LogP contribution in [0.3, 0.4) is 0 Å². The first-order valence-corrected chi connectivity index (χ1v) is 6.97. The molecule has 0 heterocycles. The van der Waals surface area contributed by atoms with Crippen LogP contribution >= 0.6 is 7.14 Å². The van der Waals surface area contributed by atoms with Gasteiger partial charge >= 0.3 is 0 Å². The molecule has 0 aromatic heterocycles. The van der Waals surface area contributed by atoms with E-state index in [9.17, 15) is 4.57 Å². The van der Waals surface area contributed by atoms with Crippen molar-refractivity contribution < 1.29 is 4.57 Å². The van der Waals surface area contributed by atoms with Gasteiger partial charge < -0.3 is 4.57 Å². The molecule has 1 nitrogen and oxygen atoms in total. The molecule has 0 aliphatic heterocycles. The van der Waals surface area contributed by atoms with E-state index < -0.39 is 7.14 Å². The topological polar surface area (TPSA) is 17.1 Å². The van der Waals surface area contributed by atoms with E-state index >= 15 is 0 Å². The fraction of sp³-hybridized carbons (Fsp3) is 1.00. The van der Waals surface area contributed by atoms with Crippen molar-refractivity contribution in [3.63, 3.8) is 0 Å². The van der Waals surface area contributed by atoms with Gasteiger partial charge in [0.15, 0.2) is 0 Å². The normalized spacial score (nSPS) is 19.8. The van der Waals surface area contributed by atoms with Crippen LogP contribution < -0.4 is 0 Å². The summed E-state index contributed by atoms with van der Waals surface area (Å²) < 4.78 is 11.7. The van der Waals surface area contributed by atoms with Gasteiger partial charge in [0.2, 0.25) is 0 Å². The standard InChI is InChI=1S/C9H21OP/c1-6-11(5,10)7-9(4)8(2)3/h8-9H,6-7H2,1-5H3/t9-,11+/m1/s1. The molecule has 0 rings (SSSR count). The highest BCUT2D eigenvalue weighted by Crippen LogP contribution is 2.43. The predicted molar refractivity (Wildman–Crippen MR) is 52.9 cm³/mol. The minimum absolute atomic E-state index is 0.603. The highest BCUT2D eigenvalue weighted by molar-refractivity contribution is 7.63. The fourth-order valence-corrected chi connectivity index (χ4v) is 2.85. The monoisotopic (exact) mass is 176 g/mol. The second kappa shape index (κ2) is 4.30. The van der Waals surface area contributed by atoms with Crippen LogP contribution in [0.5, 0.6) is 0 Å². The van der Waals surface area contributed by atoms with E-state index in [1.54, 1.807) is 0 Å². The Morgan fingerprint density at radius 3 is 2.00 bits per heavy atom. The molecule has 0 aromatic carbocycles. The van der Waals surface area contributed by atoms with E-state index in [1.165, 1.54) is 0 Å². The average molecular weight is 176 g/mol. The smallest absolute Gasteiger partial charge is 0.0848 e. The summed E-state index contributed by atoms with van der Waals surface area (Å²) in [5, 5.41) is 0. The van der Waals surface area contributed by atoms with Gasteiger partial charge in [-0.3, -0.25) is 0 Å². The van der Waals surface area contributed by atoms with E-state index in [4.69, 9.17) is 0 Å². The Morgan fingerprint density at radius 1 is 1.27 bits per heavy atom. The zero-order valence-corrected chi connectivity index (χ0v) is 9.32. The molecule has 0 radical (unpaired) electrons. The Hall–Kier alpha value is 0.230. The molecule has 0 fully saturated rings. The number of hydrogen-bond acceptors (Lipinski definition) is 1. The van der Waals surface area contributed by atoms with Crippen molar-refractivity contribution in [3.05, 3.63) is 0 Å². The van der Waals surface area contributed by atoms with Crippen molar-refractivity contribution in [1.29, 1.82) is 0 Å². The number of hydrogen-bond donors (Lipinski definition) is 0. The summed E-state index contributed by atoms with van der Waals surface area (Å²) >= 11 is 0. The van der Waals surface area contributed by atoms with E-state index in [1.807, 2.05) is 13.6 Å². The summed E-state index contributed by atoms with van der Waals surface area (Å²) in [6, 6.07) is 0. The summed E-state index contributed by atoms with van der Waals surface area (Å²) in [6.45, 7) is 10.5. The van der Waals surface area contributed by atoms with Gasteiger partial charge in [-0.15, -0.1) is 0 Å². The maximum absolute atomic E-state index is 11.7. The van der Waals surface area contributed by atoms with E-state index in [2.05, 4.69) is 20.8 Å². The largest absolute Gasteiger partial charge is 0.324 e. The van der Waals surface area contributed by atoms with Crippen LogP contribution in [-0.4, -0.2) is 19.0 Å². The van der Waals surface area contributed by atoms with Crippen molar-refractivity contribution in [2.24, 2.45) is 11.8 Å². The van der Waals surface area contributed by atoms with Gasteiger partial charge in [-0.05, 0) is 24.7 Å². The van der Waals surface area contributed by atoms with Crippen LogP contribution in [0.1, 0.15) is 27.7 Å².